The zero-order valence-electron chi connectivity index (χ0n) is 19.5. The fourth-order valence-electron chi connectivity index (χ4n) is 4.40. The number of morpholine rings is 1. The molecular weight excluding hydrogens is 515 g/mol. The second-order valence-corrected chi connectivity index (χ2v) is 8.93. The van der Waals surface area contributed by atoms with Crippen LogP contribution in [0, 0.1) is 5.92 Å². The number of piperidine rings is 1. The highest BCUT2D eigenvalue weighted by Crippen LogP contribution is 2.22. The van der Waals surface area contributed by atoms with Crippen LogP contribution in [0.2, 0.25) is 0 Å². The number of likely N-dealkylation sites (tertiary alicyclic amines) is 1. The van der Waals surface area contributed by atoms with Crippen molar-refractivity contribution in [3.05, 3.63) is 53.3 Å². The Labute approximate surface area is 209 Å². The molecular formula is C24H37IN6O. The zero-order valence-corrected chi connectivity index (χ0v) is 21.9. The van der Waals surface area contributed by atoms with E-state index in [-0.39, 0.29) is 30.1 Å². The van der Waals surface area contributed by atoms with E-state index in [1.807, 2.05) is 31.2 Å². The van der Waals surface area contributed by atoms with E-state index in [0.29, 0.717) is 6.61 Å². The van der Waals surface area contributed by atoms with Gasteiger partial charge >= 0.3 is 0 Å². The van der Waals surface area contributed by atoms with Crippen LogP contribution in [-0.2, 0) is 24.9 Å². The number of aryl methyl sites for hydroxylation is 1. The lowest BCUT2D eigenvalue weighted by Gasteiger charge is -2.34. The molecule has 2 fully saturated rings. The van der Waals surface area contributed by atoms with Crippen molar-refractivity contribution in [3.63, 3.8) is 0 Å². The first-order chi connectivity index (χ1) is 15.1. The maximum absolute atomic E-state index is 5.96. The van der Waals surface area contributed by atoms with Crippen LogP contribution in [0.3, 0.4) is 0 Å². The molecule has 176 valence electrons. The van der Waals surface area contributed by atoms with Gasteiger partial charge < -0.3 is 15.0 Å². The van der Waals surface area contributed by atoms with Gasteiger partial charge in [0.05, 0.1) is 19.3 Å². The standard InChI is InChI=1S/C24H36N6O.HI/c1-19-8-10-29(11-9-19)16-21-6-4-20(5-7-21)14-26-24(25-2)30-12-13-31-23(18-30)22-15-27-28(3)17-22;/h4-7,15,17,19,23H,8-14,16,18H2,1-3H3,(H,25,26);1H. The summed E-state index contributed by atoms with van der Waals surface area (Å²) in [6, 6.07) is 9.01. The molecule has 1 unspecified atom stereocenters. The van der Waals surface area contributed by atoms with E-state index in [1.165, 1.54) is 37.1 Å². The highest BCUT2D eigenvalue weighted by Gasteiger charge is 2.25. The summed E-state index contributed by atoms with van der Waals surface area (Å²) in [7, 11) is 3.78. The molecule has 1 aromatic carbocycles. The number of halogens is 1. The predicted octanol–water partition coefficient (Wildman–Crippen LogP) is 3.42. The second-order valence-electron chi connectivity index (χ2n) is 8.93. The SMILES string of the molecule is CN=C(NCc1ccc(CN2CCC(C)CC2)cc1)N1CCOC(c2cnn(C)c2)C1.I. The van der Waals surface area contributed by atoms with Gasteiger partial charge in [-0.25, -0.2) is 0 Å². The number of rotatable bonds is 5. The summed E-state index contributed by atoms with van der Waals surface area (Å²) in [6.07, 6.45) is 6.58. The Bertz CT molecular complexity index is 860. The van der Waals surface area contributed by atoms with E-state index in [9.17, 15) is 0 Å². The summed E-state index contributed by atoms with van der Waals surface area (Å²) >= 11 is 0. The molecule has 0 aliphatic carbocycles. The Hall–Kier alpha value is -1.65. The minimum absolute atomic E-state index is 0. The van der Waals surface area contributed by atoms with Crippen molar-refractivity contribution in [2.45, 2.75) is 39.0 Å². The van der Waals surface area contributed by atoms with E-state index in [4.69, 9.17) is 4.74 Å². The third-order valence-electron chi connectivity index (χ3n) is 6.43. The molecule has 1 aromatic heterocycles. The van der Waals surface area contributed by atoms with Gasteiger partial charge in [-0.05, 0) is 43.0 Å². The molecule has 8 heteroatoms. The highest BCUT2D eigenvalue weighted by molar-refractivity contribution is 14.0. The van der Waals surface area contributed by atoms with Crippen LogP contribution in [-0.4, -0.2) is 65.4 Å². The van der Waals surface area contributed by atoms with Crippen LogP contribution in [0.5, 0.6) is 0 Å². The molecule has 0 radical (unpaired) electrons. The first-order valence-corrected chi connectivity index (χ1v) is 11.5. The monoisotopic (exact) mass is 552 g/mol. The summed E-state index contributed by atoms with van der Waals surface area (Å²) in [6.45, 7) is 8.94. The Morgan fingerprint density at radius 2 is 1.88 bits per heavy atom. The van der Waals surface area contributed by atoms with Gasteiger partial charge in [0.2, 0.25) is 0 Å². The fourth-order valence-corrected chi connectivity index (χ4v) is 4.40. The van der Waals surface area contributed by atoms with Crippen LogP contribution in [0.15, 0.2) is 41.7 Å². The predicted molar refractivity (Wildman–Crippen MR) is 139 cm³/mol. The quantitative estimate of drug-likeness (QED) is 0.350. The van der Waals surface area contributed by atoms with Crippen LogP contribution in [0.25, 0.3) is 0 Å². The summed E-state index contributed by atoms with van der Waals surface area (Å²) < 4.78 is 7.78. The van der Waals surface area contributed by atoms with Gasteiger partial charge in [0, 0.05) is 45.5 Å². The second kappa shape index (κ2) is 12.0. The Morgan fingerprint density at radius 3 is 2.53 bits per heavy atom. The van der Waals surface area contributed by atoms with Crippen molar-refractivity contribution in [2.24, 2.45) is 18.0 Å². The summed E-state index contributed by atoms with van der Waals surface area (Å²) in [4.78, 5) is 9.36. The molecule has 1 atom stereocenters. The molecule has 3 heterocycles. The lowest BCUT2D eigenvalue weighted by atomic mass is 9.99. The first kappa shape index (κ1) is 25.0. The summed E-state index contributed by atoms with van der Waals surface area (Å²) in [5, 5.41) is 7.80. The molecule has 2 saturated heterocycles. The number of hydrogen-bond donors (Lipinski definition) is 1. The van der Waals surface area contributed by atoms with Crippen LogP contribution in [0.1, 0.15) is 42.6 Å². The lowest BCUT2D eigenvalue weighted by Crippen LogP contribution is -2.47. The largest absolute Gasteiger partial charge is 0.370 e. The third kappa shape index (κ3) is 6.68. The topological polar surface area (TPSA) is 57.9 Å². The Balaban J connectivity index is 0.00000289. The smallest absolute Gasteiger partial charge is 0.194 e. The maximum Gasteiger partial charge on any atom is 0.194 e. The average molecular weight is 553 g/mol. The molecule has 0 bridgehead atoms. The molecule has 2 aliphatic rings. The Kier molecular flexibility index (Phi) is 9.36. The minimum atomic E-state index is 0. The molecule has 0 saturated carbocycles. The fraction of sp³-hybridized carbons (Fsp3) is 0.583. The van der Waals surface area contributed by atoms with E-state index >= 15 is 0 Å². The number of ether oxygens (including phenoxy) is 1. The highest BCUT2D eigenvalue weighted by atomic mass is 127. The first-order valence-electron chi connectivity index (χ1n) is 11.5. The lowest BCUT2D eigenvalue weighted by molar-refractivity contribution is -0.00805. The number of hydrogen-bond acceptors (Lipinski definition) is 4. The van der Waals surface area contributed by atoms with Crippen molar-refractivity contribution in [1.82, 2.24) is 24.9 Å². The Morgan fingerprint density at radius 1 is 1.16 bits per heavy atom. The molecule has 4 rings (SSSR count). The number of benzene rings is 1. The van der Waals surface area contributed by atoms with E-state index in [2.05, 4.69) is 56.4 Å². The molecule has 0 amide bonds. The summed E-state index contributed by atoms with van der Waals surface area (Å²) in [5.41, 5.74) is 3.78. The number of nitrogens with zero attached hydrogens (tertiary/aromatic N) is 5. The van der Waals surface area contributed by atoms with Crippen LogP contribution < -0.4 is 5.32 Å². The third-order valence-corrected chi connectivity index (χ3v) is 6.43. The van der Waals surface area contributed by atoms with Gasteiger partial charge in [0.25, 0.3) is 0 Å². The number of aromatic nitrogens is 2. The van der Waals surface area contributed by atoms with Crippen molar-refractivity contribution >= 4 is 29.9 Å². The molecule has 2 aromatic rings. The zero-order chi connectivity index (χ0) is 21.6. The molecule has 2 aliphatic heterocycles. The van der Waals surface area contributed by atoms with Gasteiger partial charge in [0.1, 0.15) is 6.10 Å². The van der Waals surface area contributed by atoms with Gasteiger partial charge in [0.15, 0.2) is 5.96 Å². The van der Waals surface area contributed by atoms with Gasteiger partial charge in [-0.1, -0.05) is 31.2 Å². The van der Waals surface area contributed by atoms with E-state index < -0.39 is 0 Å². The van der Waals surface area contributed by atoms with Crippen molar-refractivity contribution in [3.8, 4) is 0 Å². The molecule has 0 spiro atoms. The molecule has 32 heavy (non-hydrogen) atoms. The maximum atomic E-state index is 5.96. The van der Waals surface area contributed by atoms with Crippen molar-refractivity contribution < 1.29 is 4.74 Å². The average Bonchev–Trinajstić information content (AvgIpc) is 3.23. The van der Waals surface area contributed by atoms with Gasteiger partial charge in [-0.3, -0.25) is 14.6 Å². The van der Waals surface area contributed by atoms with E-state index in [0.717, 1.165) is 43.6 Å². The number of guanidine groups is 1. The molecule has 1 N–H and O–H groups in total. The summed E-state index contributed by atoms with van der Waals surface area (Å²) in [5.74, 6) is 1.80. The van der Waals surface area contributed by atoms with Gasteiger partial charge in [-0.2, -0.15) is 5.10 Å². The number of nitrogens with one attached hydrogen (secondary N) is 1. The van der Waals surface area contributed by atoms with Crippen molar-refractivity contribution in [2.75, 3.05) is 39.8 Å². The molecule has 7 nitrogen and oxygen atoms in total. The minimum Gasteiger partial charge on any atom is -0.370 e. The van der Waals surface area contributed by atoms with Crippen molar-refractivity contribution in [1.29, 1.82) is 0 Å². The normalized spacial score (nSPS) is 20.8. The van der Waals surface area contributed by atoms with Gasteiger partial charge in [-0.15, -0.1) is 24.0 Å². The van der Waals surface area contributed by atoms with Crippen LogP contribution in [0.4, 0.5) is 0 Å². The van der Waals surface area contributed by atoms with E-state index in [1.54, 1.807) is 0 Å². The number of aliphatic imine (C=N–C) groups is 1. The van der Waals surface area contributed by atoms with Crippen LogP contribution >= 0.6 is 24.0 Å².